The number of nitrogens with zero attached hydrogens (tertiary/aromatic N) is 3. The van der Waals surface area contributed by atoms with Crippen molar-refractivity contribution in [3.63, 3.8) is 0 Å². The Balaban J connectivity index is 2.48. The molecule has 0 spiro atoms. The molecule has 2 heterocycles. The summed E-state index contributed by atoms with van der Waals surface area (Å²) in [6.45, 7) is 4.34. The molecule has 16 heavy (non-hydrogen) atoms. The summed E-state index contributed by atoms with van der Waals surface area (Å²) in [5.41, 5.74) is 8.95. The molecule has 5 heteroatoms. The summed E-state index contributed by atoms with van der Waals surface area (Å²) in [6.07, 6.45) is 2.65. The van der Waals surface area contributed by atoms with Crippen LogP contribution in [0, 0.1) is 5.92 Å². The average Bonchev–Trinajstić information content (AvgIpc) is 2.81. The van der Waals surface area contributed by atoms with Gasteiger partial charge in [0.15, 0.2) is 0 Å². The summed E-state index contributed by atoms with van der Waals surface area (Å²) in [6, 6.07) is 1.91. The third-order valence-corrected chi connectivity index (χ3v) is 2.56. The first-order chi connectivity index (χ1) is 7.59. The summed E-state index contributed by atoms with van der Waals surface area (Å²) >= 11 is 0. The van der Waals surface area contributed by atoms with Crippen molar-refractivity contribution in [1.82, 2.24) is 20.0 Å². The fourth-order valence-corrected chi connectivity index (χ4v) is 1.79. The topological polar surface area (TPSA) is 72.5 Å². The highest BCUT2D eigenvalue weighted by atomic mass is 15.3. The van der Waals surface area contributed by atoms with Gasteiger partial charge in [-0.1, -0.05) is 13.8 Å². The van der Waals surface area contributed by atoms with E-state index in [1.54, 1.807) is 10.9 Å². The van der Waals surface area contributed by atoms with Crippen LogP contribution in [0.2, 0.25) is 0 Å². The van der Waals surface area contributed by atoms with Crippen LogP contribution in [0.15, 0.2) is 12.3 Å². The maximum atomic E-state index is 6.02. The van der Waals surface area contributed by atoms with Crippen LogP contribution in [0.1, 0.15) is 19.4 Å². The van der Waals surface area contributed by atoms with Crippen LogP contribution < -0.4 is 5.73 Å². The molecule has 0 amide bonds. The molecule has 0 aliphatic heterocycles. The Hall–Kier alpha value is -1.78. The summed E-state index contributed by atoms with van der Waals surface area (Å²) in [5, 5.41) is 11.3. The quantitative estimate of drug-likeness (QED) is 0.823. The molecule has 0 radical (unpaired) electrons. The van der Waals surface area contributed by atoms with Gasteiger partial charge in [-0.05, 0) is 18.4 Å². The number of nitrogen functional groups attached to an aromatic ring is 1. The SMILES string of the molecule is CC(C)Cc1c(-c2ccn[nH]2)nn(C)c1N. The Labute approximate surface area is 94.7 Å². The monoisotopic (exact) mass is 219 g/mol. The third kappa shape index (κ3) is 1.80. The van der Waals surface area contributed by atoms with Gasteiger partial charge in [0.05, 0.1) is 5.69 Å². The van der Waals surface area contributed by atoms with Gasteiger partial charge in [-0.15, -0.1) is 0 Å². The predicted molar refractivity (Wildman–Crippen MR) is 63.7 cm³/mol. The second kappa shape index (κ2) is 4.00. The lowest BCUT2D eigenvalue weighted by molar-refractivity contribution is 0.648. The van der Waals surface area contributed by atoms with Crippen molar-refractivity contribution in [3.8, 4) is 11.4 Å². The molecule has 86 valence electrons. The summed E-state index contributed by atoms with van der Waals surface area (Å²) in [4.78, 5) is 0. The Kier molecular flexibility index (Phi) is 2.68. The van der Waals surface area contributed by atoms with E-state index in [2.05, 4.69) is 29.1 Å². The van der Waals surface area contributed by atoms with Gasteiger partial charge in [-0.25, -0.2) is 0 Å². The smallest absolute Gasteiger partial charge is 0.125 e. The first-order valence-electron chi connectivity index (χ1n) is 5.40. The summed E-state index contributed by atoms with van der Waals surface area (Å²) in [5.74, 6) is 1.28. The van der Waals surface area contributed by atoms with Gasteiger partial charge in [-0.2, -0.15) is 10.2 Å². The van der Waals surface area contributed by atoms with Gasteiger partial charge >= 0.3 is 0 Å². The van der Waals surface area contributed by atoms with Crippen molar-refractivity contribution in [2.75, 3.05) is 5.73 Å². The zero-order valence-electron chi connectivity index (χ0n) is 9.86. The number of aromatic nitrogens is 4. The molecule has 0 aliphatic rings. The van der Waals surface area contributed by atoms with Crippen molar-refractivity contribution in [2.45, 2.75) is 20.3 Å². The van der Waals surface area contributed by atoms with Gasteiger partial charge in [0, 0.05) is 18.8 Å². The van der Waals surface area contributed by atoms with Crippen molar-refractivity contribution < 1.29 is 0 Å². The van der Waals surface area contributed by atoms with Crippen molar-refractivity contribution in [1.29, 1.82) is 0 Å². The van der Waals surface area contributed by atoms with E-state index < -0.39 is 0 Å². The number of anilines is 1. The minimum absolute atomic E-state index is 0.549. The van der Waals surface area contributed by atoms with E-state index in [0.29, 0.717) is 5.92 Å². The van der Waals surface area contributed by atoms with Gasteiger partial charge in [-0.3, -0.25) is 9.78 Å². The highest BCUT2D eigenvalue weighted by Gasteiger charge is 2.17. The Morgan fingerprint density at radius 2 is 2.25 bits per heavy atom. The molecular weight excluding hydrogens is 202 g/mol. The van der Waals surface area contributed by atoms with E-state index in [-0.39, 0.29) is 0 Å². The molecule has 0 saturated carbocycles. The van der Waals surface area contributed by atoms with Gasteiger partial charge in [0.25, 0.3) is 0 Å². The van der Waals surface area contributed by atoms with Crippen molar-refractivity contribution in [2.24, 2.45) is 13.0 Å². The largest absolute Gasteiger partial charge is 0.384 e. The number of hydrogen-bond acceptors (Lipinski definition) is 3. The molecule has 0 atom stereocenters. The second-order valence-corrected chi connectivity index (χ2v) is 4.40. The molecule has 2 aromatic rings. The lowest BCUT2D eigenvalue weighted by Crippen LogP contribution is -2.02. The molecule has 0 saturated heterocycles. The van der Waals surface area contributed by atoms with E-state index in [9.17, 15) is 0 Å². The molecule has 0 unspecified atom stereocenters. The number of aryl methyl sites for hydroxylation is 1. The first-order valence-corrected chi connectivity index (χ1v) is 5.40. The number of nitrogens with one attached hydrogen (secondary N) is 1. The minimum Gasteiger partial charge on any atom is -0.384 e. The maximum Gasteiger partial charge on any atom is 0.125 e. The van der Waals surface area contributed by atoms with Crippen LogP contribution in [0.3, 0.4) is 0 Å². The zero-order chi connectivity index (χ0) is 11.7. The van der Waals surface area contributed by atoms with Crippen molar-refractivity contribution >= 4 is 5.82 Å². The van der Waals surface area contributed by atoms with Crippen LogP contribution in [0.4, 0.5) is 5.82 Å². The second-order valence-electron chi connectivity index (χ2n) is 4.40. The number of aromatic amines is 1. The summed E-state index contributed by atoms with van der Waals surface area (Å²) < 4.78 is 1.72. The zero-order valence-corrected chi connectivity index (χ0v) is 9.86. The molecule has 5 nitrogen and oxygen atoms in total. The lowest BCUT2D eigenvalue weighted by Gasteiger charge is -2.05. The number of hydrogen-bond donors (Lipinski definition) is 2. The Bertz CT molecular complexity index is 467. The van der Waals surface area contributed by atoms with E-state index >= 15 is 0 Å². The highest BCUT2D eigenvalue weighted by Crippen LogP contribution is 2.27. The summed E-state index contributed by atoms with van der Waals surface area (Å²) in [7, 11) is 1.86. The lowest BCUT2D eigenvalue weighted by atomic mass is 10.0. The van der Waals surface area contributed by atoms with Gasteiger partial charge < -0.3 is 5.73 Å². The van der Waals surface area contributed by atoms with Crippen LogP contribution in [-0.2, 0) is 13.5 Å². The molecule has 2 rings (SSSR count). The van der Waals surface area contributed by atoms with Crippen LogP contribution in [0.5, 0.6) is 0 Å². The number of rotatable bonds is 3. The molecule has 0 aliphatic carbocycles. The average molecular weight is 219 g/mol. The van der Waals surface area contributed by atoms with E-state index in [0.717, 1.165) is 29.2 Å². The van der Waals surface area contributed by atoms with Crippen LogP contribution in [0.25, 0.3) is 11.4 Å². The molecule has 0 fully saturated rings. The van der Waals surface area contributed by atoms with E-state index in [1.165, 1.54) is 0 Å². The minimum atomic E-state index is 0.549. The van der Waals surface area contributed by atoms with Gasteiger partial charge in [0.1, 0.15) is 11.5 Å². The Morgan fingerprint density at radius 1 is 1.50 bits per heavy atom. The molecule has 0 aromatic carbocycles. The third-order valence-electron chi connectivity index (χ3n) is 2.56. The van der Waals surface area contributed by atoms with Crippen LogP contribution in [-0.4, -0.2) is 20.0 Å². The van der Waals surface area contributed by atoms with E-state index in [1.807, 2.05) is 13.1 Å². The Morgan fingerprint density at radius 3 is 2.81 bits per heavy atom. The fraction of sp³-hybridized carbons (Fsp3) is 0.455. The first kappa shape index (κ1) is 10.7. The van der Waals surface area contributed by atoms with Crippen molar-refractivity contribution in [3.05, 3.63) is 17.8 Å². The van der Waals surface area contributed by atoms with E-state index in [4.69, 9.17) is 5.73 Å². The predicted octanol–water partition coefficient (Wildman–Crippen LogP) is 1.59. The molecule has 2 aromatic heterocycles. The number of nitrogens with two attached hydrogens (primary N) is 1. The molecule has 0 bridgehead atoms. The number of H-pyrrole nitrogens is 1. The van der Waals surface area contributed by atoms with Gasteiger partial charge in [0.2, 0.25) is 0 Å². The molecule has 3 N–H and O–H groups in total. The normalized spacial score (nSPS) is 11.2. The van der Waals surface area contributed by atoms with Crippen LogP contribution >= 0.6 is 0 Å². The molecular formula is C11H17N5. The maximum absolute atomic E-state index is 6.02. The highest BCUT2D eigenvalue weighted by molar-refractivity contribution is 5.65. The standard InChI is InChI=1S/C11H17N5/c1-7(2)6-8-10(9-4-5-13-14-9)15-16(3)11(8)12/h4-5,7H,6,12H2,1-3H3,(H,13,14). The fourth-order valence-electron chi connectivity index (χ4n) is 1.79.